The van der Waals surface area contributed by atoms with Gasteiger partial charge in [0, 0.05) is 17.6 Å². The third kappa shape index (κ3) is 1.97. The second-order valence-corrected chi connectivity index (χ2v) is 4.07. The lowest BCUT2D eigenvalue weighted by molar-refractivity contribution is 0.190. The van der Waals surface area contributed by atoms with Crippen LogP contribution in [0.1, 0.15) is 25.1 Å². The largest absolute Gasteiger partial charge is 0.464 e. The Balaban J connectivity index is 1.97. The third-order valence-electron chi connectivity index (χ3n) is 2.26. The first-order valence-corrected chi connectivity index (χ1v) is 5.25. The van der Waals surface area contributed by atoms with E-state index in [0.717, 1.165) is 25.1 Å². The first-order chi connectivity index (χ1) is 6.25. The summed E-state index contributed by atoms with van der Waals surface area (Å²) < 4.78 is 9.68. The van der Waals surface area contributed by atoms with Crippen LogP contribution in [0.3, 0.4) is 0 Å². The minimum atomic E-state index is 0.146. The zero-order valence-corrected chi connectivity index (χ0v) is 8.38. The van der Waals surface area contributed by atoms with Crippen molar-refractivity contribution < 1.29 is 4.74 Å². The van der Waals surface area contributed by atoms with Gasteiger partial charge in [-0.15, -0.1) is 0 Å². The van der Waals surface area contributed by atoms with Crippen molar-refractivity contribution in [3.8, 4) is 5.19 Å². The number of hydrogen-bond acceptors (Lipinski definition) is 5. The van der Waals surface area contributed by atoms with Crippen LogP contribution in [0.2, 0.25) is 0 Å². The molecule has 5 heteroatoms. The molecule has 0 aliphatic heterocycles. The molecular formula is C8H13N3OS. The molecule has 2 N–H and O–H groups in total. The molecule has 72 valence electrons. The van der Waals surface area contributed by atoms with Gasteiger partial charge in [0.15, 0.2) is 0 Å². The Bertz CT molecular complexity index is 289. The van der Waals surface area contributed by atoms with Gasteiger partial charge in [-0.1, -0.05) is 0 Å². The van der Waals surface area contributed by atoms with Crippen molar-refractivity contribution in [3.63, 3.8) is 0 Å². The number of aryl methyl sites for hydroxylation is 1. The maximum atomic E-state index is 5.87. The fourth-order valence-corrected chi connectivity index (χ4v) is 2.15. The molecule has 1 aromatic heterocycles. The van der Waals surface area contributed by atoms with Crippen LogP contribution in [0.5, 0.6) is 5.19 Å². The second kappa shape index (κ2) is 3.59. The lowest BCUT2D eigenvalue weighted by Gasteiger charge is -2.14. The van der Waals surface area contributed by atoms with Crippen LogP contribution in [0.25, 0.3) is 0 Å². The molecule has 0 spiro atoms. The summed E-state index contributed by atoms with van der Waals surface area (Å²) in [4.78, 5) is 4.14. The van der Waals surface area contributed by atoms with Crippen molar-refractivity contribution in [2.45, 2.75) is 38.3 Å². The summed E-state index contributed by atoms with van der Waals surface area (Å²) in [5, 5.41) is 0.653. The van der Waals surface area contributed by atoms with Crippen molar-refractivity contribution in [2.24, 2.45) is 5.73 Å². The Morgan fingerprint density at radius 3 is 2.92 bits per heavy atom. The Morgan fingerprint density at radius 1 is 1.54 bits per heavy atom. The Labute approximate surface area is 81.3 Å². The minimum absolute atomic E-state index is 0.146. The highest BCUT2D eigenvalue weighted by molar-refractivity contribution is 7.07. The molecule has 1 heterocycles. The number of aromatic nitrogens is 2. The molecule has 0 unspecified atom stereocenters. The van der Waals surface area contributed by atoms with Gasteiger partial charge >= 0.3 is 0 Å². The molecule has 0 amide bonds. The molecule has 0 saturated heterocycles. The molecule has 0 radical (unpaired) electrons. The highest BCUT2D eigenvalue weighted by Gasteiger charge is 2.26. The monoisotopic (exact) mass is 199 g/mol. The van der Waals surface area contributed by atoms with Gasteiger partial charge in [0.25, 0.3) is 5.19 Å². The molecule has 0 bridgehead atoms. The zero-order valence-electron chi connectivity index (χ0n) is 7.56. The molecule has 1 saturated carbocycles. The van der Waals surface area contributed by atoms with E-state index in [1.165, 1.54) is 11.5 Å². The normalized spacial score (nSPS) is 27.8. The van der Waals surface area contributed by atoms with Crippen molar-refractivity contribution in [2.75, 3.05) is 0 Å². The van der Waals surface area contributed by atoms with Gasteiger partial charge in [-0.2, -0.15) is 9.36 Å². The van der Waals surface area contributed by atoms with Crippen LogP contribution in [-0.2, 0) is 0 Å². The fraction of sp³-hybridized carbons (Fsp3) is 0.750. The van der Waals surface area contributed by atoms with E-state index in [4.69, 9.17) is 10.5 Å². The second-order valence-electron chi connectivity index (χ2n) is 3.36. The van der Waals surface area contributed by atoms with Crippen LogP contribution >= 0.6 is 11.5 Å². The van der Waals surface area contributed by atoms with E-state index in [0.29, 0.717) is 5.19 Å². The van der Waals surface area contributed by atoms with Gasteiger partial charge in [-0.05, 0) is 26.2 Å². The van der Waals surface area contributed by atoms with E-state index >= 15 is 0 Å². The van der Waals surface area contributed by atoms with Crippen LogP contribution in [0.15, 0.2) is 0 Å². The van der Waals surface area contributed by atoms with E-state index in [1.54, 1.807) is 0 Å². The third-order valence-corrected chi connectivity index (χ3v) is 2.96. The predicted molar refractivity (Wildman–Crippen MR) is 50.9 cm³/mol. The number of hydrogen-bond donors (Lipinski definition) is 1. The highest BCUT2D eigenvalue weighted by atomic mass is 32.1. The molecule has 2 rings (SSSR count). The van der Waals surface area contributed by atoms with Crippen LogP contribution in [-0.4, -0.2) is 21.5 Å². The topological polar surface area (TPSA) is 61.0 Å². The van der Waals surface area contributed by atoms with Crippen molar-refractivity contribution in [1.82, 2.24) is 9.36 Å². The molecule has 1 aromatic rings. The van der Waals surface area contributed by atoms with Crippen molar-refractivity contribution in [3.05, 3.63) is 5.82 Å². The van der Waals surface area contributed by atoms with Gasteiger partial charge < -0.3 is 10.5 Å². The number of nitrogens with zero attached hydrogens (tertiary/aromatic N) is 2. The fourth-order valence-electron chi connectivity index (χ4n) is 1.56. The van der Waals surface area contributed by atoms with Gasteiger partial charge in [0.05, 0.1) is 0 Å². The number of nitrogens with two attached hydrogens (primary N) is 1. The van der Waals surface area contributed by atoms with Crippen LogP contribution in [0, 0.1) is 6.92 Å². The van der Waals surface area contributed by atoms with Gasteiger partial charge in [-0.3, -0.25) is 0 Å². The summed E-state index contributed by atoms with van der Waals surface area (Å²) in [5.74, 6) is 0.770. The standard InChI is InChI=1S/C8H13N3OS/c1-5-10-8(13-11-5)12-7-4-2-3-6(7)9/h6-7H,2-4,9H2,1H3/t6-,7-/m1/s1. The maximum Gasteiger partial charge on any atom is 0.293 e. The van der Waals surface area contributed by atoms with E-state index in [-0.39, 0.29) is 12.1 Å². The Morgan fingerprint density at radius 2 is 2.38 bits per heavy atom. The van der Waals surface area contributed by atoms with Crippen LogP contribution in [0.4, 0.5) is 0 Å². The smallest absolute Gasteiger partial charge is 0.293 e. The average molecular weight is 199 g/mol. The SMILES string of the molecule is Cc1nsc(O[C@@H]2CCC[C@H]2N)n1. The average Bonchev–Trinajstić information content (AvgIpc) is 2.64. The molecule has 2 atom stereocenters. The van der Waals surface area contributed by atoms with Crippen LogP contribution < -0.4 is 10.5 Å². The summed E-state index contributed by atoms with van der Waals surface area (Å²) in [6.45, 7) is 1.86. The molecule has 13 heavy (non-hydrogen) atoms. The van der Waals surface area contributed by atoms with Gasteiger partial charge in [-0.25, -0.2) is 0 Å². The summed E-state index contributed by atoms with van der Waals surface area (Å²) >= 11 is 1.30. The summed E-state index contributed by atoms with van der Waals surface area (Å²) in [6, 6.07) is 0.171. The summed E-state index contributed by atoms with van der Waals surface area (Å²) in [5.41, 5.74) is 5.87. The first-order valence-electron chi connectivity index (χ1n) is 4.48. The molecule has 0 aromatic carbocycles. The lowest BCUT2D eigenvalue weighted by Crippen LogP contribution is -2.33. The first kappa shape index (κ1) is 8.90. The number of rotatable bonds is 2. The highest BCUT2D eigenvalue weighted by Crippen LogP contribution is 2.24. The number of ether oxygens (including phenoxy) is 1. The quantitative estimate of drug-likeness (QED) is 0.775. The van der Waals surface area contributed by atoms with E-state index in [1.807, 2.05) is 6.92 Å². The van der Waals surface area contributed by atoms with Gasteiger partial charge in [0.1, 0.15) is 11.9 Å². The minimum Gasteiger partial charge on any atom is -0.464 e. The summed E-state index contributed by atoms with van der Waals surface area (Å²) in [7, 11) is 0. The Hall–Kier alpha value is -0.680. The van der Waals surface area contributed by atoms with Gasteiger partial charge in [0.2, 0.25) is 0 Å². The maximum absolute atomic E-state index is 5.87. The predicted octanol–water partition coefficient (Wildman–Crippen LogP) is 1.11. The molecule has 1 aliphatic rings. The zero-order chi connectivity index (χ0) is 9.26. The molecule has 4 nitrogen and oxygen atoms in total. The molecular weight excluding hydrogens is 186 g/mol. The van der Waals surface area contributed by atoms with E-state index in [9.17, 15) is 0 Å². The van der Waals surface area contributed by atoms with E-state index < -0.39 is 0 Å². The molecule has 1 aliphatic carbocycles. The molecule has 1 fully saturated rings. The lowest BCUT2D eigenvalue weighted by atomic mass is 10.2. The van der Waals surface area contributed by atoms with Crippen molar-refractivity contribution in [1.29, 1.82) is 0 Å². The van der Waals surface area contributed by atoms with Crippen molar-refractivity contribution >= 4 is 11.5 Å². The summed E-state index contributed by atoms with van der Waals surface area (Å²) in [6.07, 6.45) is 3.40. The van der Waals surface area contributed by atoms with E-state index in [2.05, 4.69) is 9.36 Å². The Kier molecular flexibility index (Phi) is 2.46.